The summed E-state index contributed by atoms with van der Waals surface area (Å²) >= 11 is -2.16. The highest BCUT2D eigenvalue weighted by Gasteiger charge is 2.39. The molecule has 8 nitrogen and oxygen atoms in total. The summed E-state index contributed by atoms with van der Waals surface area (Å²) < 4.78 is 29.4. The summed E-state index contributed by atoms with van der Waals surface area (Å²) in [5.74, 6) is -0.265. The molecule has 1 unspecified atom stereocenters. The molecule has 0 spiro atoms. The Morgan fingerprint density at radius 1 is 1.00 bits per heavy atom. The van der Waals surface area contributed by atoms with E-state index in [0.717, 1.165) is 4.31 Å². The number of hydrogen-bond donors (Lipinski definition) is 1. The van der Waals surface area contributed by atoms with Gasteiger partial charge in [-0.1, -0.05) is 18.2 Å². The van der Waals surface area contributed by atoms with E-state index in [0.29, 0.717) is 11.5 Å². The van der Waals surface area contributed by atoms with Crippen LogP contribution in [-0.2, 0) is 25.6 Å². The molecule has 0 amide bonds. The van der Waals surface area contributed by atoms with Crippen molar-refractivity contribution in [1.82, 2.24) is 4.31 Å². The number of rotatable bonds is 10. The van der Waals surface area contributed by atoms with Crippen molar-refractivity contribution in [1.29, 1.82) is 0 Å². The third-order valence-electron chi connectivity index (χ3n) is 4.04. The van der Waals surface area contributed by atoms with Gasteiger partial charge in [0.2, 0.25) is 0 Å². The lowest BCUT2D eigenvalue weighted by atomic mass is 10.1. The molecule has 0 fully saturated rings. The van der Waals surface area contributed by atoms with Crippen LogP contribution in [0.25, 0.3) is 0 Å². The molecule has 2 rings (SSSR count). The fourth-order valence-corrected chi connectivity index (χ4v) is 3.31. The van der Waals surface area contributed by atoms with Crippen LogP contribution in [-0.4, -0.2) is 44.8 Å². The van der Waals surface area contributed by atoms with Crippen LogP contribution in [0.2, 0.25) is 0 Å². The number of esters is 1. The monoisotopic (exact) mass is 421 g/mol. The van der Waals surface area contributed by atoms with E-state index < -0.39 is 28.7 Å². The third kappa shape index (κ3) is 6.30. The average Bonchev–Trinajstić information content (AvgIpc) is 2.70. The number of carboxylic acids is 1. The molecular weight excluding hydrogens is 398 g/mol. The Kier molecular flexibility index (Phi) is 7.74. The lowest BCUT2D eigenvalue weighted by molar-refractivity contribution is -0.148. The number of carbonyl (C=O) groups is 2. The molecule has 1 N–H and O–H groups in total. The Bertz CT molecular complexity index is 853. The van der Waals surface area contributed by atoms with E-state index in [1.165, 1.54) is 21.0 Å². The van der Waals surface area contributed by atoms with Gasteiger partial charge in [-0.15, -0.1) is 0 Å². The van der Waals surface area contributed by atoms with Crippen LogP contribution in [0.4, 0.5) is 0 Å². The Labute approximate surface area is 171 Å². The van der Waals surface area contributed by atoms with Gasteiger partial charge in [0.05, 0.1) is 13.5 Å². The highest BCUT2D eigenvalue weighted by Crippen LogP contribution is 2.25. The summed E-state index contributed by atoms with van der Waals surface area (Å²) in [5, 5.41) is 9.46. The zero-order valence-corrected chi connectivity index (χ0v) is 17.2. The molecule has 0 radical (unpaired) electrons. The highest BCUT2D eigenvalue weighted by atomic mass is 32.2. The number of ether oxygens (including phenoxy) is 2. The van der Waals surface area contributed by atoms with E-state index in [-0.39, 0.29) is 18.7 Å². The van der Waals surface area contributed by atoms with E-state index >= 15 is 0 Å². The molecule has 29 heavy (non-hydrogen) atoms. The van der Waals surface area contributed by atoms with E-state index in [4.69, 9.17) is 8.92 Å². The molecule has 0 aliphatic carbocycles. The van der Waals surface area contributed by atoms with Gasteiger partial charge < -0.3 is 18.8 Å². The zero-order valence-electron chi connectivity index (χ0n) is 16.4. The second-order valence-corrected chi connectivity index (χ2v) is 7.52. The molecule has 0 heterocycles. The summed E-state index contributed by atoms with van der Waals surface area (Å²) in [5.41, 5.74) is -1.53. The molecule has 1 atom stereocenters. The van der Waals surface area contributed by atoms with Crippen molar-refractivity contribution < 1.29 is 32.6 Å². The summed E-state index contributed by atoms with van der Waals surface area (Å²) in [7, 11) is 1.22. The molecule has 2 aromatic carbocycles. The Balaban J connectivity index is 2.09. The largest absolute Gasteiger partial charge is 0.480 e. The van der Waals surface area contributed by atoms with Crippen LogP contribution in [0.15, 0.2) is 54.6 Å². The number of carboxylic acid groups (broad SMARTS) is 1. The molecule has 0 aliphatic heterocycles. The van der Waals surface area contributed by atoms with Gasteiger partial charge in [0.15, 0.2) is 0 Å². The first-order valence-electron chi connectivity index (χ1n) is 8.75. The lowest BCUT2D eigenvalue weighted by Crippen LogP contribution is -2.52. The maximum absolute atomic E-state index is 12.7. The summed E-state index contributed by atoms with van der Waals surface area (Å²) in [4.78, 5) is 23.0. The minimum absolute atomic E-state index is 0.117. The minimum atomic E-state index is -2.16. The first-order chi connectivity index (χ1) is 13.7. The zero-order chi connectivity index (χ0) is 21.4. The van der Waals surface area contributed by atoms with E-state index in [2.05, 4.69) is 4.74 Å². The van der Waals surface area contributed by atoms with Gasteiger partial charge >= 0.3 is 11.9 Å². The lowest BCUT2D eigenvalue weighted by Gasteiger charge is -2.32. The normalized spacial score (nSPS) is 12.3. The first kappa shape index (κ1) is 22.4. The molecular formula is C20H23NO7S. The SMILES string of the molecule is COC(=O)CCN(S(=O)Oc1ccc(Oc2ccccc2)cc1)C(C)(C)C(=O)O. The summed E-state index contributed by atoms with van der Waals surface area (Å²) in [6, 6.07) is 15.6. The van der Waals surface area contributed by atoms with Crippen molar-refractivity contribution in [2.24, 2.45) is 0 Å². The maximum atomic E-state index is 12.7. The number of carbonyl (C=O) groups excluding carboxylic acids is 1. The average molecular weight is 421 g/mol. The van der Waals surface area contributed by atoms with Crippen molar-refractivity contribution in [2.75, 3.05) is 13.7 Å². The van der Waals surface area contributed by atoms with Crippen LogP contribution in [0.1, 0.15) is 20.3 Å². The molecule has 9 heteroatoms. The number of nitrogens with zero attached hydrogens (tertiary/aromatic N) is 1. The van der Waals surface area contributed by atoms with Crippen molar-refractivity contribution in [2.45, 2.75) is 25.8 Å². The summed E-state index contributed by atoms with van der Waals surface area (Å²) in [6.07, 6.45) is -0.133. The van der Waals surface area contributed by atoms with E-state index in [1.54, 1.807) is 24.3 Å². The van der Waals surface area contributed by atoms with Crippen molar-refractivity contribution in [3.63, 3.8) is 0 Å². The fraction of sp³-hybridized carbons (Fsp3) is 0.300. The number of para-hydroxylation sites is 1. The van der Waals surface area contributed by atoms with Crippen molar-refractivity contribution >= 4 is 23.2 Å². The quantitative estimate of drug-likeness (QED) is 0.588. The maximum Gasteiger partial charge on any atom is 0.324 e. The first-order valence-corrected chi connectivity index (χ1v) is 9.78. The van der Waals surface area contributed by atoms with Crippen molar-refractivity contribution in [3.8, 4) is 17.2 Å². The fourth-order valence-electron chi connectivity index (χ4n) is 2.26. The minimum Gasteiger partial charge on any atom is -0.480 e. The van der Waals surface area contributed by atoms with E-state index in [1.807, 2.05) is 30.3 Å². The van der Waals surface area contributed by atoms with Gasteiger partial charge in [0, 0.05) is 6.54 Å². The second kappa shape index (κ2) is 10.0. The third-order valence-corrected chi connectivity index (χ3v) is 5.38. The summed E-state index contributed by atoms with van der Waals surface area (Å²) in [6.45, 7) is 2.64. The van der Waals surface area contributed by atoms with Gasteiger partial charge in [-0.3, -0.25) is 9.59 Å². The van der Waals surface area contributed by atoms with Crippen LogP contribution in [0.5, 0.6) is 17.2 Å². The molecule has 156 valence electrons. The van der Waals surface area contributed by atoms with Gasteiger partial charge in [0.1, 0.15) is 22.8 Å². The number of methoxy groups -OCH3 is 1. The van der Waals surface area contributed by atoms with Gasteiger partial charge in [-0.2, -0.15) is 8.51 Å². The van der Waals surface area contributed by atoms with Crippen molar-refractivity contribution in [3.05, 3.63) is 54.6 Å². The molecule has 0 saturated heterocycles. The van der Waals surface area contributed by atoms with E-state index in [9.17, 15) is 18.9 Å². The number of aliphatic carboxylic acids is 1. The van der Waals surface area contributed by atoms with Gasteiger partial charge in [-0.25, -0.2) is 0 Å². The molecule has 2 aromatic rings. The highest BCUT2D eigenvalue weighted by molar-refractivity contribution is 7.78. The van der Waals surface area contributed by atoms with Crippen LogP contribution in [0, 0.1) is 0 Å². The van der Waals surface area contributed by atoms with Crippen LogP contribution >= 0.6 is 0 Å². The number of hydrogen-bond acceptors (Lipinski definition) is 6. The smallest absolute Gasteiger partial charge is 0.324 e. The van der Waals surface area contributed by atoms with Gasteiger partial charge in [0.25, 0.3) is 11.3 Å². The Morgan fingerprint density at radius 3 is 2.10 bits per heavy atom. The standard InChI is InChI=1S/C20H23NO7S/c1-20(2,19(23)24)21(14-13-18(22)26-3)29(25)28-17-11-9-16(10-12-17)27-15-7-5-4-6-8-15/h4-12H,13-14H2,1-3H3,(H,23,24). The van der Waals surface area contributed by atoms with Crippen LogP contribution in [0.3, 0.4) is 0 Å². The molecule has 0 bridgehead atoms. The van der Waals surface area contributed by atoms with Crippen LogP contribution < -0.4 is 8.92 Å². The predicted octanol–water partition coefficient (Wildman–Crippen LogP) is 3.16. The van der Waals surface area contributed by atoms with Gasteiger partial charge in [-0.05, 0) is 50.2 Å². The predicted molar refractivity (Wildman–Crippen MR) is 107 cm³/mol. The second-order valence-electron chi connectivity index (χ2n) is 6.48. The molecule has 0 aromatic heterocycles. The topological polar surface area (TPSA) is 102 Å². The molecule has 0 aliphatic rings. The Morgan fingerprint density at radius 2 is 1.55 bits per heavy atom. The number of benzene rings is 2. The Hall–Kier alpha value is -2.91. The molecule has 0 saturated carbocycles.